The zero-order valence-corrected chi connectivity index (χ0v) is 8.69. The van der Waals surface area contributed by atoms with E-state index in [1.165, 1.54) is 19.3 Å². The molecule has 3 heteroatoms. The molecule has 0 N–H and O–H groups in total. The molecule has 1 aliphatic rings. The first-order valence-electron chi connectivity index (χ1n) is 5.43. The number of piperidine rings is 1. The van der Waals surface area contributed by atoms with Crippen LogP contribution >= 0.6 is 0 Å². The third-order valence-electron chi connectivity index (χ3n) is 2.98. The lowest BCUT2D eigenvalue weighted by Gasteiger charge is -2.32. The summed E-state index contributed by atoms with van der Waals surface area (Å²) >= 11 is 0. The van der Waals surface area contributed by atoms with Crippen LogP contribution in [0.4, 0.5) is 5.82 Å². The van der Waals surface area contributed by atoms with Gasteiger partial charge in [-0.15, -0.1) is 5.10 Å². The van der Waals surface area contributed by atoms with E-state index in [0.717, 1.165) is 24.8 Å². The Labute approximate surface area is 85.1 Å². The van der Waals surface area contributed by atoms with Crippen molar-refractivity contribution in [3.05, 3.63) is 18.3 Å². The minimum atomic E-state index is 0.839. The van der Waals surface area contributed by atoms with Crippen molar-refractivity contribution in [2.45, 2.75) is 26.2 Å². The minimum absolute atomic E-state index is 0.839. The van der Waals surface area contributed by atoms with Crippen LogP contribution < -0.4 is 4.90 Å². The molecule has 0 aromatic carbocycles. The fourth-order valence-corrected chi connectivity index (χ4v) is 2.07. The molecule has 1 aromatic rings. The smallest absolute Gasteiger partial charge is 0.151 e. The topological polar surface area (TPSA) is 29.0 Å². The van der Waals surface area contributed by atoms with Gasteiger partial charge in [0.1, 0.15) is 0 Å². The predicted octanol–water partition coefficient (Wildman–Crippen LogP) is 2.10. The Hall–Kier alpha value is -1.12. The van der Waals surface area contributed by atoms with Crippen LogP contribution in [0.25, 0.3) is 0 Å². The zero-order chi connectivity index (χ0) is 9.80. The molecule has 0 spiro atoms. The van der Waals surface area contributed by atoms with Crippen LogP contribution in [0.5, 0.6) is 0 Å². The second kappa shape index (κ2) is 4.40. The van der Waals surface area contributed by atoms with Crippen molar-refractivity contribution in [2.24, 2.45) is 5.92 Å². The number of rotatable bonds is 2. The molecule has 0 saturated carbocycles. The van der Waals surface area contributed by atoms with Crippen molar-refractivity contribution < 1.29 is 0 Å². The first kappa shape index (κ1) is 9.44. The van der Waals surface area contributed by atoms with Gasteiger partial charge < -0.3 is 4.90 Å². The van der Waals surface area contributed by atoms with E-state index >= 15 is 0 Å². The Morgan fingerprint density at radius 1 is 1.57 bits per heavy atom. The number of hydrogen-bond acceptors (Lipinski definition) is 3. The van der Waals surface area contributed by atoms with E-state index in [1.54, 1.807) is 6.20 Å². The molecule has 1 aromatic heterocycles. The summed E-state index contributed by atoms with van der Waals surface area (Å²) in [7, 11) is 0. The minimum Gasteiger partial charge on any atom is -0.355 e. The van der Waals surface area contributed by atoms with Gasteiger partial charge in [0.2, 0.25) is 0 Å². The Balaban J connectivity index is 2.04. The molecule has 76 valence electrons. The second-order valence-corrected chi connectivity index (χ2v) is 3.94. The SMILES string of the molecule is CCC1CCCN(c2cccnn2)C1. The Kier molecular flexibility index (Phi) is 2.96. The van der Waals surface area contributed by atoms with Gasteiger partial charge in [-0.05, 0) is 30.9 Å². The normalized spacial score (nSPS) is 22.4. The summed E-state index contributed by atoms with van der Waals surface area (Å²) in [6.45, 7) is 4.55. The van der Waals surface area contributed by atoms with E-state index in [9.17, 15) is 0 Å². The monoisotopic (exact) mass is 191 g/mol. The zero-order valence-electron chi connectivity index (χ0n) is 8.69. The first-order valence-corrected chi connectivity index (χ1v) is 5.43. The van der Waals surface area contributed by atoms with Gasteiger partial charge in [-0.3, -0.25) is 0 Å². The van der Waals surface area contributed by atoms with E-state index < -0.39 is 0 Å². The highest BCUT2D eigenvalue weighted by atomic mass is 15.3. The Bertz CT molecular complexity index is 273. The molecule has 14 heavy (non-hydrogen) atoms. The number of anilines is 1. The van der Waals surface area contributed by atoms with E-state index in [1.807, 2.05) is 12.1 Å². The summed E-state index contributed by atoms with van der Waals surface area (Å²) in [5, 5.41) is 8.07. The molecule has 1 saturated heterocycles. The van der Waals surface area contributed by atoms with Crippen LogP contribution in [0.2, 0.25) is 0 Å². The molecule has 2 heterocycles. The average Bonchev–Trinajstić information content (AvgIpc) is 2.30. The van der Waals surface area contributed by atoms with Gasteiger partial charge in [0, 0.05) is 19.3 Å². The van der Waals surface area contributed by atoms with Gasteiger partial charge in [-0.1, -0.05) is 13.3 Å². The average molecular weight is 191 g/mol. The van der Waals surface area contributed by atoms with Crippen molar-refractivity contribution in [3.8, 4) is 0 Å². The van der Waals surface area contributed by atoms with E-state index in [0.29, 0.717) is 0 Å². The lowest BCUT2D eigenvalue weighted by atomic mass is 9.96. The maximum Gasteiger partial charge on any atom is 0.151 e. The third kappa shape index (κ3) is 2.03. The van der Waals surface area contributed by atoms with Crippen LogP contribution in [0.3, 0.4) is 0 Å². The molecule has 0 amide bonds. The molecule has 1 atom stereocenters. The summed E-state index contributed by atoms with van der Waals surface area (Å²) in [6, 6.07) is 4.00. The van der Waals surface area contributed by atoms with E-state index in [2.05, 4.69) is 22.0 Å². The second-order valence-electron chi connectivity index (χ2n) is 3.94. The van der Waals surface area contributed by atoms with Crippen molar-refractivity contribution in [3.63, 3.8) is 0 Å². The van der Waals surface area contributed by atoms with Crippen LogP contribution in [-0.2, 0) is 0 Å². The number of aromatic nitrogens is 2. The fraction of sp³-hybridized carbons (Fsp3) is 0.636. The van der Waals surface area contributed by atoms with Crippen molar-refractivity contribution >= 4 is 5.82 Å². The molecule has 0 bridgehead atoms. The van der Waals surface area contributed by atoms with Gasteiger partial charge in [-0.2, -0.15) is 5.10 Å². The van der Waals surface area contributed by atoms with E-state index in [4.69, 9.17) is 0 Å². The summed E-state index contributed by atoms with van der Waals surface area (Å²) in [5.41, 5.74) is 0. The van der Waals surface area contributed by atoms with Gasteiger partial charge in [0.15, 0.2) is 5.82 Å². The van der Waals surface area contributed by atoms with Gasteiger partial charge >= 0.3 is 0 Å². The molecule has 1 aliphatic heterocycles. The highest BCUT2D eigenvalue weighted by Gasteiger charge is 2.19. The quantitative estimate of drug-likeness (QED) is 0.717. The van der Waals surface area contributed by atoms with Crippen molar-refractivity contribution in [1.82, 2.24) is 10.2 Å². The van der Waals surface area contributed by atoms with Gasteiger partial charge in [0.05, 0.1) is 0 Å². The first-order chi connectivity index (χ1) is 6.90. The summed E-state index contributed by atoms with van der Waals surface area (Å²) in [5.74, 6) is 1.87. The van der Waals surface area contributed by atoms with Crippen molar-refractivity contribution in [2.75, 3.05) is 18.0 Å². The maximum atomic E-state index is 4.15. The predicted molar refractivity (Wildman–Crippen MR) is 57.3 cm³/mol. The molecule has 2 rings (SSSR count). The molecule has 1 unspecified atom stereocenters. The highest BCUT2D eigenvalue weighted by molar-refractivity contribution is 5.36. The molecular formula is C11H17N3. The fourth-order valence-electron chi connectivity index (χ4n) is 2.07. The lowest BCUT2D eigenvalue weighted by Crippen LogP contribution is -2.35. The molecule has 0 aliphatic carbocycles. The van der Waals surface area contributed by atoms with E-state index in [-0.39, 0.29) is 0 Å². The maximum absolute atomic E-state index is 4.15. The summed E-state index contributed by atoms with van der Waals surface area (Å²) in [6.07, 6.45) is 5.66. The largest absolute Gasteiger partial charge is 0.355 e. The molecular weight excluding hydrogens is 174 g/mol. The highest BCUT2D eigenvalue weighted by Crippen LogP contribution is 2.22. The Morgan fingerprint density at radius 2 is 2.50 bits per heavy atom. The molecule has 1 fully saturated rings. The molecule has 3 nitrogen and oxygen atoms in total. The van der Waals surface area contributed by atoms with Gasteiger partial charge in [-0.25, -0.2) is 0 Å². The van der Waals surface area contributed by atoms with Gasteiger partial charge in [0.25, 0.3) is 0 Å². The summed E-state index contributed by atoms with van der Waals surface area (Å²) in [4.78, 5) is 2.35. The van der Waals surface area contributed by atoms with Crippen LogP contribution in [0.1, 0.15) is 26.2 Å². The third-order valence-corrected chi connectivity index (χ3v) is 2.98. The standard InChI is InChI=1S/C11H17N3/c1-2-10-5-4-8-14(9-10)11-6-3-7-12-13-11/h3,6-7,10H,2,4-5,8-9H2,1H3. The summed E-state index contributed by atoms with van der Waals surface area (Å²) < 4.78 is 0. The molecule has 0 radical (unpaired) electrons. The van der Waals surface area contributed by atoms with Crippen LogP contribution in [-0.4, -0.2) is 23.3 Å². The van der Waals surface area contributed by atoms with Crippen molar-refractivity contribution in [1.29, 1.82) is 0 Å². The Morgan fingerprint density at radius 3 is 3.21 bits per heavy atom. The van der Waals surface area contributed by atoms with Crippen LogP contribution in [0.15, 0.2) is 18.3 Å². The number of hydrogen-bond donors (Lipinski definition) is 0. The lowest BCUT2D eigenvalue weighted by molar-refractivity contribution is 0.402. The van der Waals surface area contributed by atoms with Crippen LogP contribution in [0, 0.1) is 5.92 Å². The number of nitrogens with zero attached hydrogens (tertiary/aromatic N) is 3.